The summed E-state index contributed by atoms with van der Waals surface area (Å²) in [6, 6.07) is 8.26. The molecule has 1 fully saturated rings. The molecule has 166 valence electrons. The van der Waals surface area contributed by atoms with E-state index in [2.05, 4.69) is 15.5 Å². The topological polar surface area (TPSA) is 121 Å². The van der Waals surface area contributed by atoms with Crippen LogP contribution in [-0.2, 0) is 21.8 Å². The summed E-state index contributed by atoms with van der Waals surface area (Å²) in [7, 11) is 1.56. The van der Waals surface area contributed by atoms with Gasteiger partial charge in [0.1, 0.15) is 17.8 Å². The summed E-state index contributed by atoms with van der Waals surface area (Å²) in [5, 5.41) is 11.2. The molecule has 1 aliphatic rings. The number of carbonyl (C=O) groups excluding carboxylic acids is 2. The van der Waals surface area contributed by atoms with E-state index in [0.717, 1.165) is 24.7 Å². The number of methoxy groups -OCH3 is 1. The molecule has 1 aliphatic carbocycles. The Morgan fingerprint density at radius 1 is 1.25 bits per heavy atom. The number of hydrogen-bond donors (Lipinski definition) is 1. The van der Waals surface area contributed by atoms with Gasteiger partial charge in [0.15, 0.2) is 4.34 Å². The second kappa shape index (κ2) is 9.96. The molecule has 0 atom stereocenters. The lowest BCUT2D eigenvalue weighted by molar-refractivity contribution is -0.133. The molecule has 11 heteroatoms. The van der Waals surface area contributed by atoms with Crippen LogP contribution in [0, 0.1) is 5.92 Å². The number of benzene rings is 1. The fourth-order valence-electron chi connectivity index (χ4n) is 2.66. The van der Waals surface area contributed by atoms with Crippen molar-refractivity contribution in [1.29, 1.82) is 0 Å². The number of anilines is 1. The minimum atomic E-state index is -0.570. The van der Waals surface area contributed by atoms with Crippen LogP contribution in [0.3, 0.4) is 0 Å². The van der Waals surface area contributed by atoms with Crippen LogP contribution in [0.5, 0.6) is 11.5 Å². The van der Waals surface area contributed by atoms with Gasteiger partial charge in [-0.1, -0.05) is 35.2 Å². The number of aromatic nitrogens is 2. The quantitative estimate of drug-likeness (QED) is 0.283. The number of carbonyl (C=O) groups is 2. The first-order valence-electron chi connectivity index (χ1n) is 9.72. The highest BCUT2D eigenvalue weighted by atomic mass is 32.2. The molecular weight excluding hydrogens is 454 g/mol. The maximum absolute atomic E-state index is 12.3. The zero-order valence-electron chi connectivity index (χ0n) is 17.0. The maximum atomic E-state index is 12.3. The number of nitrogens with one attached hydrogen (secondary N) is 1. The van der Waals surface area contributed by atoms with Crippen molar-refractivity contribution in [3.05, 3.63) is 58.1 Å². The molecule has 2 aromatic heterocycles. The number of hydrogen-bond acceptors (Lipinski definition) is 10. The molecule has 1 N–H and O–H groups in total. The number of ether oxygens (including phenoxy) is 2. The predicted octanol–water partition coefficient (Wildman–Crippen LogP) is 3.29. The smallest absolute Gasteiger partial charge is 0.315 e. The fourth-order valence-corrected chi connectivity index (χ4v) is 4.31. The molecule has 0 spiro atoms. The Balaban J connectivity index is 1.29. The molecule has 9 nitrogen and oxygen atoms in total. The van der Waals surface area contributed by atoms with Crippen LogP contribution in [0.1, 0.15) is 24.2 Å². The van der Waals surface area contributed by atoms with Crippen molar-refractivity contribution >= 4 is 40.1 Å². The molecule has 4 rings (SSSR count). The van der Waals surface area contributed by atoms with E-state index in [1.807, 2.05) is 0 Å². The summed E-state index contributed by atoms with van der Waals surface area (Å²) in [4.78, 5) is 36.2. The minimum absolute atomic E-state index is 0.0116. The molecule has 0 aliphatic heterocycles. The second-order valence-corrected chi connectivity index (χ2v) is 9.20. The van der Waals surface area contributed by atoms with Crippen LogP contribution >= 0.6 is 23.1 Å². The lowest BCUT2D eigenvalue weighted by Crippen LogP contribution is -2.16. The van der Waals surface area contributed by atoms with Gasteiger partial charge in [0.25, 0.3) is 0 Å². The van der Waals surface area contributed by atoms with E-state index in [1.165, 1.54) is 29.2 Å². The summed E-state index contributed by atoms with van der Waals surface area (Å²) in [6.07, 6.45) is 2.97. The van der Waals surface area contributed by atoms with E-state index in [4.69, 9.17) is 13.9 Å². The molecule has 0 bridgehead atoms. The van der Waals surface area contributed by atoms with Crippen molar-refractivity contribution in [2.24, 2.45) is 5.92 Å². The fraction of sp³-hybridized carbons (Fsp3) is 0.286. The minimum Gasteiger partial charge on any atom is -0.497 e. The van der Waals surface area contributed by atoms with Crippen molar-refractivity contribution in [2.75, 3.05) is 12.4 Å². The van der Waals surface area contributed by atoms with E-state index in [-0.39, 0.29) is 24.0 Å². The third-order valence-electron chi connectivity index (χ3n) is 4.51. The first-order valence-corrected chi connectivity index (χ1v) is 11.5. The van der Waals surface area contributed by atoms with E-state index in [9.17, 15) is 14.4 Å². The molecule has 0 unspecified atom stereocenters. The summed E-state index contributed by atoms with van der Waals surface area (Å²) in [5.41, 5.74) is 0.280. The molecule has 0 saturated heterocycles. The van der Waals surface area contributed by atoms with Gasteiger partial charge in [-0.25, -0.2) is 0 Å². The predicted molar refractivity (Wildman–Crippen MR) is 118 cm³/mol. The van der Waals surface area contributed by atoms with Gasteiger partial charge in [0.2, 0.25) is 22.2 Å². The van der Waals surface area contributed by atoms with Crippen LogP contribution in [0.25, 0.3) is 0 Å². The van der Waals surface area contributed by atoms with Crippen LogP contribution in [0.4, 0.5) is 5.13 Å². The molecule has 1 aromatic carbocycles. The third-order valence-corrected chi connectivity index (χ3v) is 6.50. The highest BCUT2D eigenvalue weighted by Gasteiger charge is 2.30. The first-order chi connectivity index (χ1) is 15.5. The van der Waals surface area contributed by atoms with Crippen LogP contribution in [-0.4, -0.2) is 29.2 Å². The summed E-state index contributed by atoms with van der Waals surface area (Å²) >= 11 is 2.58. The van der Waals surface area contributed by atoms with Crippen LogP contribution < -0.4 is 20.2 Å². The van der Waals surface area contributed by atoms with Gasteiger partial charge in [-0.2, -0.15) is 0 Å². The summed E-state index contributed by atoms with van der Waals surface area (Å²) in [6.45, 7) is 0. The molecular formula is C21H19N3O6S2. The number of nitrogens with zero attached hydrogens (tertiary/aromatic N) is 2. The Morgan fingerprint density at radius 2 is 2.03 bits per heavy atom. The number of esters is 1. The lowest BCUT2D eigenvalue weighted by atomic mass is 10.1. The Labute approximate surface area is 191 Å². The zero-order valence-corrected chi connectivity index (χ0v) is 18.7. The highest BCUT2D eigenvalue weighted by Crippen LogP contribution is 2.32. The van der Waals surface area contributed by atoms with Crippen molar-refractivity contribution in [3.63, 3.8) is 0 Å². The number of thioether (sulfide) groups is 1. The van der Waals surface area contributed by atoms with Crippen molar-refractivity contribution < 1.29 is 23.5 Å². The third kappa shape index (κ3) is 5.95. The normalized spacial score (nSPS) is 12.9. The molecule has 0 radical (unpaired) electrons. The molecule has 2 heterocycles. The van der Waals surface area contributed by atoms with Crippen molar-refractivity contribution in [2.45, 2.75) is 29.4 Å². The van der Waals surface area contributed by atoms with E-state index in [1.54, 1.807) is 31.4 Å². The van der Waals surface area contributed by atoms with Gasteiger partial charge in [-0.15, -0.1) is 10.2 Å². The van der Waals surface area contributed by atoms with Crippen molar-refractivity contribution in [1.82, 2.24) is 10.2 Å². The first kappa shape index (κ1) is 22.0. The van der Waals surface area contributed by atoms with E-state index in [0.29, 0.717) is 26.7 Å². The number of amides is 1. The Hall–Kier alpha value is -3.18. The van der Waals surface area contributed by atoms with Crippen LogP contribution in [0.15, 0.2) is 50.1 Å². The number of rotatable bonds is 9. The van der Waals surface area contributed by atoms with E-state index >= 15 is 0 Å². The molecule has 1 saturated carbocycles. The van der Waals surface area contributed by atoms with Gasteiger partial charge >= 0.3 is 5.97 Å². The van der Waals surface area contributed by atoms with E-state index < -0.39 is 11.4 Å². The highest BCUT2D eigenvalue weighted by molar-refractivity contribution is 8.00. The second-order valence-electron chi connectivity index (χ2n) is 7.00. The average Bonchev–Trinajstić information content (AvgIpc) is 3.55. The molecule has 1 amide bonds. The maximum Gasteiger partial charge on any atom is 0.315 e. The monoisotopic (exact) mass is 473 g/mol. The van der Waals surface area contributed by atoms with Gasteiger partial charge in [-0.05, 0) is 30.5 Å². The standard InChI is InChI=1S/C21H19N3O6S2/c1-28-14-6-2-12(3-7-14)8-18(26)30-17-10-29-15(9-16(17)25)11-31-21-24-23-20(32-21)22-19(27)13-4-5-13/h2-3,6-7,9-10,13H,4-5,8,11H2,1H3,(H,22,23,27). The lowest BCUT2D eigenvalue weighted by Gasteiger charge is -2.05. The zero-order chi connectivity index (χ0) is 22.5. The van der Waals surface area contributed by atoms with Gasteiger partial charge in [-0.3, -0.25) is 14.4 Å². The van der Waals surface area contributed by atoms with Crippen LogP contribution in [0.2, 0.25) is 0 Å². The summed E-state index contributed by atoms with van der Waals surface area (Å²) in [5.74, 6) is 0.740. The summed E-state index contributed by atoms with van der Waals surface area (Å²) < 4.78 is 16.3. The largest absolute Gasteiger partial charge is 0.497 e. The van der Waals surface area contributed by atoms with Gasteiger partial charge in [0, 0.05) is 12.0 Å². The molecule has 32 heavy (non-hydrogen) atoms. The van der Waals surface area contributed by atoms with Crippen molar-refractivity contribution in [3.8, 4) is 11.5 Å². The SMILES string of the molecule is COc1ccc(CC(=O)Oc2coc(CSc3nnc(NC(=O)C4CC4)s3)cc2=O)cc1. The average molecular weight is 474 g/mol. The Morgan fingerprint density at radius 3 is 2.72 bits per heavy atom. The molecule has 3 aromatic rings. The Kier molecular flexibility index (Phi) is 6.86. The van der Waals surface area contributed by atoms with Gasteiger partial charge < -0.3 is 19.2 Å². The van der Waals surface area contributed by atoms with Gasteiger partial charge in [0.05, 0.1) is 19.3 Å². The Bertz CT molecular complexity index is 1170.